The number of carbonyl (C=O) groups is 4. The molecule has 0 unspecified atom stereocenters. The fourth-order valence-electron chi connectivity index (χ4n) is 8.01. The molecule has 0 aliphatic carbocycles. The molecule has 1 aliphatic heterocycles. The quantitative estimate of drug-likeness (QED) is 0.0568. The number of nitrogens with zero attached hydrogens (tertiary/aromatic N) is 8. The van der Waals surface area contributed by atoms with Gasteiger partial charge < -0.3 is 42.1 Å². The Morgan fingerprint density at radius 2 is 0.588 bits per heavy atom. The van der Waals surface area contributed by atoms with E-state index in [1.165, 1.54) is 48.5 Å². The van der Waals surface area contributed by atoms with Crippen LogP contribution < -0.4 is 43.5 Å². The van der Waals surface area contributed by atoms with E-state index in [1.807, 2.05) is 27.7 Å². The number of rotatable bonds is 16. The van der Waals surface area contributed by atoms with Crippen molar-refractivity contribution >= 4 is 23.6 Å². The number of amides is 4. The summed E-state index contributed by atoms with van der Waals surface area (Å²) in [6.07, 6.45) is 0. The molecule has 5 heterocycles. The van der Waals surface area contributed by atoms with E-state index < -0.39 is 45.9 Å². The minimum absolute atomic E-state index is 0.117. The fraction of sp³-hybridized carbons (Fsp3) is 0.455. The van der Waals surface area contributed by atoms with Gasteiger partial charge in [0, 0.05) is 127 Å². The lowest BCUT2D eigenvalue weighted by Gasteiger charge is -2.44. The predicted molar refractivity (Wildman–Crippen MR) is 245 cm³/mol. The molecular weight excluding hydrogens is 889 g/mol. The van der Waals surface area contributed by atoms with Crippen LogP contribution in [0.5, 0.6) is 0 Å². The van der Waals surface area contributed by atoms with Gasteiger partial charge in [0.15, 0.2) is 0 Å². The van der Waals surface area contributed by atoms with Crippen LogP contribution in [0.1, 0.15) is 69.6 Å². The van der Waals surface area contributed by atoms with Gasteiger partial charge >= 0.3 is 0 Å². The summed E-state index contributed by atoms with van der Waals surface area (Å²) in [4.78, 5) is 109. The third-order valence-electron chi connectivity index (χ3n) is 11.9. The van der Waals surface area contributed by atoms with Crippen LogP contribution in [-0.2, 0) is 0 Å². The number of hydrogen-bond acceptors (Lipinski definition) is 16. The normalized spacial score (nSPS) is 19.0. The van der Waals surface area contributed by atoms with Crippen molar-refractivity contribution in [3.05, 3.63) is 137 Å². The Bertz CT molecular complexity index is 2290. The topological polar surface area (TPSA) is 298 Å². The summed E-state index contributed by atoms with van der Waals surface area (Å²) in [5, 5.41) is 51.9. The maximum atomic E-state index is 13.1. The molecule has 1 saturated heterocycles. The van der Waals surface area contributed by atoms with E-state index in [2.05, 4.69) is 40.9 Å². The average molecular weight is 949 g/mol. The van der Waals surface area contributed by atoms with E-state index in [-0.39, 0.29) is 92.0 Å². The van der Waals surface area contributed by atoms with Crippen molar-refractivity contribution in [2.45, 2.75) is 51.9 Å². The molecule has 5 rings (SSSR count). The van der Waals surface area contributed by atoms with E-state index in [9.17, 15) is 59.2 Å². The number of nitrogens with one attached hydrogen (secondary N) is 4. The van der Waals surface area contributed by atoms with Crippen LogP contribution in [0.3, 0.4) is 0 Å². The molecule has 1 aliphatic rings. The average Bonchev–Trinajstić information content (AvgIpc) is 3.30. The van der Waals surface area contributed by atoms with Crippen molar-refractivity contribution in [2.75, 3.05) is 78.5 Å². The molecule has 0 radical (unpaired) electrons. The highest BCUT2D eigenvalue weighted by atomic mass is 16.5. The molecule has 68 heavy (non-hydrogen) atoms. The Hall–Kier alpha value is -7.28. The first-order valence-electron chi connectivity index (χ1n) is 22.1. The zero-order valence-corrected chi connectivity index (χ0v) is 38.4. The van der Waals surface area contributed by atoms with Gasteiger partial charge in [-0.3, -0.25) is 58.0 Å². The van der Waals surface area contributed by atoms with Crippen molar-refractivity contribution in [1.29, 1.82) is 0 Å². The fourth-order valence-corrected chi connectivity index (χ4v) is 8.01. The molecule has 0 saturated carbocycles. The van der Waals surface area contributed by atoms with Gasteiger partial charge in [0.2, 0.25) is 0 Å². The smallest absolute Gasteiger partial charge is 0.283 e. The number of aromatic nitrogens is 4. The Kier molecular flexibility index (Phi) is 18.2. The van der Waals surface area contributed by atoms with E-state index in [4.69, 9.17) is 0 Å². The highest BCUT2D eigenvalue weighted by molar-refractivity contribution is 5.93. The molecule has 4 atom stereocenters. The second kappa shape index (κ2) is 24.0. The minimum atomic E-state index is -0.767. The van der Waals surface area contributed by atoms with Crippen LogP contribution >= 0.6 is 0 Å². The molecule has 4 amide bonds. The summed E-state index contributed by atoms with van der Waals surface area (Å²) < 4.78 is 1.09. The molecule has 1 fully saturated rings. The van der Waals surface area contributed by atoms with Crippen molar-refractivity contribution in [1.82, 2.24) is 59.8 Å². The summed E-state index contributed by atoms with van der Waals surface area (Å²) in [5.74, 6) is -2.66. The first-order valence-corrected chi connectivity index (χ1v) is 22.1. The Morgan fingerprint density at radius 1 is 0.397 bits per heavy atom. The highest BCUT2D eigenvalue weighted by Gasteiger charge is 2.30. The van der Waals surface area contributed by atoms with Gasteiger partial charge in [-0.1, -0.05) is 24.3 Å². The van der Waals surface area contributed by atoms with Crippen LogP contribution in [0.15, 0.2) is 92.0 Å². The first-order chi connectivity index (χ1) is 32.4. The second-order valence-electron chi connectivity index (χ2n) is 16.6. The van der Waals surface area contributed by atoms with E-state index in [0.29, 0.717) is 52.4 Å². The number of carbonyl (C=O) groups excluding carboxylic acids is 4. The van der Waals surface area contributed by atoms with Crippen molar-refractivity contribution in [2.24, 2.45) is 0 Å². The van der Waals surface area contributed by atoms with Crippen LogP contribution in [0, 0.1) is 0 Å². The Balaban J connectivity index is 1.41. The molecule has 0 bridgehead atoms. The van der Waals surface area contributed by atoms with Gasteiger partial charge in [-0.15, -0.1) is 18.9 Å². The van der Waals surface area contributed by atoms with Crippen LogP contribution in [-0.4, -0.2) is 186 Å². The van der Waals surface area contributed by atoms with E-state index >= 15 is 0 Å². The zero-order chi connectivity index (χ0) is 49.7. The number of pyridine rings is 4. The molecule has 4 aromatic heterocycles. The molecule has 8 N–H and O–H groups in total. The van der Waals surface area contributed by atoms with Gasteiger partial charge in [0.25, 0.3) is 45.9 Å². The highest BCUT2D eigenvalue weighted by Crippen LogP contribution is 2.16. The molecule has 368 valence electrons. The van der Waals surface area contributed by atoms with Gasteiger partial charge in [-0.05, 0) is 52.0 Å². The molecule has 24 heteroatoms. The molecule has 0 aromatic carbocycles. The maximum absolute atomic E-state index is 13.1. The molecule has 24 nitrogen and oxygen atoms in total. The SMILES string of the molecule is C[C@H]1CN(CCNC(=O)c2cccc(=O)n2O)[C@@H](C)CN(CCNC(=O)c2cccc(=O)n2O)[C@@H](C)CN(CCNC(=O)c2cccc(=O)n2O)[C@@H](C)CN1CCNC(=O)c1cccc(=O)n1O. The van der Waals surface area contributed by atoms with Crippen molar-refractivity contribution < 1.29 is 40.0 Å². The maximum Gasteiger partial charge on any atom is 0.283 e. The van der Waals surface area contributed by atoms with Crippen LogP contribution in [0.25, 0.3) is 0 Å². The summed E-state index contributed by atoms with van der Waals surface area (Å²) in [7, 11) is 0. The van der Waals surface area contributed by atoms with Crippen molar-refractivity contribution in [3.63, 3.8) is 0 Å². The zero-order valence-electron chi connectivity index (χ0n) is 38.4. The van der Waals surface area contributed by atoms with Gasteiger partial charge in [-0.25, -0.2) is 0 Å². The summed E-state index contributed by atoms with van der Waals surface area (Å²) in [6, 6.07) is 14.3. The van der Waals surface area contributed by atoms with Crippen LogP contribution in [0.2, 0.25) is 0 Å². The summed E-state index contributed by atoms with van der Waals surface area (Å²) >= 11 is 0. The Labute approximate surface area is 390 Å². The molecular formula is C44H60N12O12. The van der Waals surface area contributed by atoms with Crippen LogP contribution in [0.4, 0.5) is 0 Å². The second-order valence-corrected chi connectivity index (χ2v) is 16.6. The third-order valence-corrected chi connectivity index (χ3v) is 11.9. The van der Waals surface area contributed by atoms with Gasteiger partial charge in [0.1, 0.15) is 22.8 Å². The lowest BCUT2D eigenvalue weighted by atomic mass is 10.1. The summed E-state index contributed by atoms with van der Waals surface area (Å²) in [6.45, 7) is 11.5. The molecule has 0 spiro atoms. The Morgan fingerprint density at radius 3 is 0.779 bits per heavy atom. The minimum Gasteiger partial charge on any atom is -0.425 e. The van der Waals surface area contributed by atoms with E-state index in [0.717, 1.165) is 24.3 Å². The van der Waals surface area contributed by atoms with E-state index in [1.54, 1.807) is 0 Å². The molecule has 4 aromatic rings. The standard InChI is InChI=1S/C44H60N12O12/c1-29-25-50(22-18-46-42(62)34-10-6-14-38(58)54(34)66)31(3)27-52(24-20-48-44(64)36-12-8-16-40(60)56(36)68)32(4)28-51(23-19-47-43(63)35-11-7-15-39(59)55(35)67)30(2)26-49(29)21-17-45-41(61)33-9-5-13-37(57)53(33)65/h5-16,29-32,65-68H,17-28H2,1-4H3,(H,45,61)(H,46,62)(H,47,63)(H,48,64)/t29-,30-,31-,32-/m0/s1. The van der Waals surface area contributed by atoms with Gasteiger partial charge in [-0.2, -0.15) is 0 Å². The van der Waals surface area contributed by atoms with Gasteiger partial charge in [0.05, 0.1) is 0 Å². The largest absolute Gasteiger partial charge is 0.425 e. The first kappa shape index (κ1) is 51.7. The number of hydrogen-bond donors (Lipinski definition) is 8. The summed E-state index contributed by atoms with van der Waals surface area (Å²) in [5.41, 5.74) is -4.02. The lowest BCUT2D eigenvalue weighted by Crippen LogP contribution is -2.58. The lowest BCUT2D eigenvalue weighted by molar-refractivity contribution is 0.0432. The third kappa shape index (κ3) is 13.4. The monoisotopic (exact) mass is 948 g/mol. The van der Waals surface area contributed by atoms with Crippen molar-refractivity contribution in [3.8, 4) is 0 Å². The predicted octanol–water partition coefficient (Wildman–Crippen LogP) is -1.92.